The van der Waals surface area contributed by atoms with E-state index in [0.717, 1.165) is 0 Å². The van der Waals surface area contributed by atoms with Crippen LogP contribution in [0.25, 0.3) is 0 Å². The fourth-order valence-corrected chi connectivity index (χ4v) is 2.74. The molecule has 23 heavy (non-hydrogen) atoms. The minimum atomic E-state index is -1.39. The van der Waals surface area contributed by atoms with E-state index in [2.05, 4.69) is 5.32 Å². The third kappa shape index (κ3) is 4.02. The number of ketones is 1. The zero-order valence-corrected chi connectivity index (χ0v) is 13.8. The Hall–Kier alpha value is -2.06. The van der Waals surface area contributed by atoms with Crippen molar-refractivity contribution in [2.45, 2.75) is 5.92 Å². The Morgan fingerprint density at radius 2 is 1.65 bits per heavy atom. The standard InChI is InChI=1S/C16H9Cl3N2O2/c17-9-3-1-4-10(7-9)21-16(23)15(22)11(8-20)14-12(18)5-2-6-13(14)19/h1-7,11H,(H,21,23)/t11-/m0/s1. The zero-order chi connectivity index (χ0) is 17.0. The summed E-state index contributed by atoms with van der Waals surface area (Å²) in [7, 11) is 0. The molecule has 1 N–H and O–H groups in total. The SMILES string of the molecule is N#C[C@H](C(=O)C(=O)Nc1cccc(Cl)c1)c1c(Cl)cccc1Cl. The number of nitriles is 1. The highest BCUT2D eigenvalue weighted by Gasteiger charge is 2.30. The number of carbonyl (C=O) groups is 2. The van der Waals surface area contributed by atoms with E-state index in [9.17, 15) is 14.9 Å². The Balaban J connectivity index is 2.27. The number of hydrogen-bond donors (Lipinski definition) is 1. The van der Waals surface area contributed by atoms with Crippen molar-refractivity contribution < 1.29 is 9.59 Å². The summed E-state index contributed by atoms with van der Waals surface area (Å²) in [5, 5.41) is 12.4. The lowest BCUT2D eigenvalue weighted by atomic mass is 9.95. The van der Waals surface area contributed by atoms with Gasteiger partial charge in [-0.25, -0.2) is 0 Å². The average molecular weight is 368 g/mol. The van der Waals surface area contributed by atoms with Crippen LogP contribution in [0.3, 0.4) is 0 Å². The van der Waals surface area contributed by atoms with Gasteiger partial charge in [-0.05, 0) is 30.3 Å². The smallest absolute Gasteiger partial charge is 0.293 e. The molecule has 0 heterocycles. The van der Waals surface area contributed by atoms with Gasteiger partial charge in [0.15, 0.2) is 0 Å². The van der Waals surface area contributed by atoms with E-state index in [4.69, 9.17) is 34.8 Å². The summed E-state index contributed by atoms with van der Waals surface area (Å²) < 4.78 is 0. The van der Waals surface area contributed by atoms with E-state index >= 15 is 0 Å². The van der Waals surface area contributed by atoms with Crippen LogP contribution in [0.15, 0.2) is 42.5 Å². The van der Waals surface area contributed by atoms with E-state index in [-0.39, 0.29) is 15.6 Å². The van der Waals surface area contributed by atoms with Gasteiger partial charge < -0.3 is 5.32 Å². The number of anilines is 1. The second kappa shape index (κ2) is 7.47. The number of nitrogens with one attached hydrogen (secondary N) is 1. The number of rotatable bonds is 4. The van der Waals surface area contributed by atoms with Crippen LogP contribution < -0.4 is 5.32 Å². The lowest BCUT2D eigenvalue weighted by Gasteiger charge is -2.12. The molecule has 116 valence electrons. The number of amides is 1. The maximum Gasteiger partial charge on any atom is 0.293 e. The van der Waals surface area contributed by atoms with Crippen LogP contribution >= 0.6 is 34.8 Å². The summed E-state index contributed by atoms with van der Waals surface area (Å²) in [5.74, 6) is -3.30. The lowest BCUT2D eigenvalue weighted by Crippen LogP contribution is -2.28. The quantitative estimate of drug-likeness (QED) is 0.811. The molecule has 0 aromatic heterocycles. The first-order valence-electron chi connectivity index (χ1n) is 6.38. The van der Waals surface area contributed by atoms with Gasteiger partial charge >= 0.3 is 0 Å². The molecule has 0 fully saturated rings. The van der Waals surface area contributed by atoms with Crippen molar-refractivity contribution in [3.8, 4) is 6.07 Å². The van der Waals surface area contributed by atoms with E-state index in [1.807, 2.05) is 0 Å². The first-order valence-corrected chi connectivity index (χ1v) is 7.51. The summed E-state index contributed by atoms with van der Waals surface area (Å²) in [4.78, 5) is 24.4. The predicted molar refractivity (Wildman–Crippen MR) is 89.9 cm³/mol. The molecule has 0 aliphatic heterocycles. The molecule has 2 aromatic carbocycles. The number of hydrogen-bond acceptors (Lipinski definition) is 3. The van der Waals surface area contributed by atoms with Crippen molar-refractivity contribution in [2.75, 3.05) is 5.32 Å². The highest BCUT2D eigenvalue weighted by atomic mass is 35.5. The number of halogens is 3. The van der Waals surface area contributed by atoms with E-state index in [0.29, 0.717) is 10.7 Å². The molecule has 0 aliphatic carbocycles. The molecule has 2 rings (SSSR count). The van der Waals surface area contributed by atoms with Gasteiger partial charge in [-0.2, -0.15) is 5.26 Å². The molecule has 0 saturated carbocycles. The zero-order valence-electron chi connectivity index (χ0n) is 11.5. The van der Waals surface area contributed by atoms with Crippen LogP contribution in [0.2, 0.25) is 15.1 Å². The fraction of sp³-hybridized carbons (Fsp3) is 0.0625. The third-order valence-corrected chi connectivity index (χ3v) is 3.88. The van der Waals surface area contributed by atoms with Gasteiger partial charge in [0, 0.05) is 26.3 Å². The summed E-state index contributed by atoms with van der Waals surface area (Å²) in [5.41, 5.74) is 0.461. The topological polar surface area (TPSA) is 70.0 Å². The number of Topliss-reactive ketones (excluding diaryl/α,β-unsaturated/α-hetero) is 1. The van der Waals surface area contributed by atoms with E-state index in [1.54, 1.807) is 30.3 Å². The summed E-state index contributed by atoms with van der Waals surface area (Å²) in [6.45, 7) is 0. The van der Waals surface area contributed by atoms with Gasteiger partial charge in [-0.15, -0.1) is 0 Å². The molecular formula is C16H9Cl3N2O2. The molecular weight excluding hydrogens is 359 g/mol. The Bertz CT molecular complexity index is 795. The van der Waals surface area contributed by atoms with Gasteiger partial charge in [0.25, 0.3) is 5.91 Å². The normalized spacial score (nSPS) is 11.4. The van der Waals surface area contributed by atoms with E-state index in [1.165, 1.54) is 18.2 Å². The van der Waals surface area contributed by atoms with Crippen LogP contribution in [0.4, 0.5) is 5.69 Å². The van der Waals surface area contributed by atoms with Crippen molar-refractivity contribution in [1.82, 2.24) is 0 Å². The van der Waals surface area contributed by atoms with Gasteiger partial charge in [-0.1, -0.05) is 46.9 Å². The maximum atomic E-state index is 12.3. The average Bonchev–Trinajstić information content (AvgIpc) is 2.50. The lowest BCUT2D eigenvalue weighted by molar-refractivity contribution is -0.135. The Kier molecular flexibility index (Phi) is 5.62. The van der Waals surface area contributed by atoms with Gasteiger partial charge in [-0.3, -0.25) is 9.59 Å². The van der Waals surface area contributed by atoms with Crippen LogP contribution in [-0.2, 0) is 9.59 Å². The molecule has 0 bridgehead atoms. The van der Waals surface area contributed by atoms with Crippen LogP contribution in [0, 0.1) is 11.3 Å². The highest BCUT2D eigenvalue weighted by Crippen LogP contribution is 2.32. The molecule has 7 heteroatoms. The Labute approximate surface area is 147 Å². The number of nitrogens with zero attached hydrogens (tertiary/aromatic N) is 1. The third-order valence-electron chi connectivity index (χ3n) is 2.99. The minimum absolute atomic E-state index is 0.115. The molecule has 0 aliphatic rings. The van der Waals surface area contributed by atoms with Crippen LogP contribution in [0.1, 0.15) is 11.5 Å². The molecule has 1 amide bonds. The molecule has 0 saturated heterocycles. The number of carbonyl (C=O) groups excluding carboxylic acids is 2. The maximum absolute atomic E-state index is 12.3. The van der Waals surface area contributed by atoms with Gasteiger partial charge in [0.1, 0.15) is 5.92 Å². The van der Waals surface area contributed by atoms with Crippen molar-refractivity contribution in [3.63, 3.8) is 0 Å². The molecule has 4 nitrogen and oxygen atoms in total. The monoisotopic (exact) mass is 366 g/mol. The summed E-state index contributed by atoms with van der Waals surface area (Å²) >= 11 is 17.8. The van der Waals surface area contributed by atoms with Gasteiger partial charge in [0.2, 0.25) is 5.78 Å². The van der Waals surface area contributed by atoms with Crippen molar-refractivity contribution in [1.29, 1.82) is 5.26 Å². The molecule has 0 unspecified atom stereocenters. The number of benzene rings is 2. The summed E-state index contributed by atoms with van der Waals surface area (Å²) in [6.07, 6.45) is 0. The largest absolute Gasteiger partial charge is 0.319 e. The fourth-order valence-electron chi connectivity index (χ4n) is 1.93. The Morgan fingerprint density at radius 1 is 1.04 bits per heavy atom. The molecule has 0 radical (unpaired) electrons. The predicted octanol–water partition coefficient (Wildman–Crippen LogP) is 4.46. The summed E-state index contributed by atoms with van der Waals surface area (Å²) in [6, 6.07) is 12.6. The highest BCUT2D eigenvalue weighted by molar-refractivity contribution is 6.45. The first-order chi connectivity index (χ1) is 10.9. The Morgan fingerprint density at radius 3 is 2.22 bits per heavy atom. The molecule has 2 aromatic rings. The first kappa shape index (κ1) is 17.3. The van der Waals surface area contributed by atoms with E-state index < -0.39 is 17.6 Å². The van der Waals surface area contributed by atoms with Crippen molar-refractivity contribution >= 4 is 52.2 Å². The van der Waals surface area contributed by atoms with Crippen molar-refractivity contribution in [2.24, 2.45) is 0 Å². The molecule has 1 atom stereocenters. The second-order valence-electron chi connectivity index (χ2n) is 4.53. The van der Waals surface area contributed by atoms with Crippen molar-refractivity contribution in [3.05, 3.63) is 63.1 Å². The second-order valence-corrected chi connectivity index (χ2v) is 5.78. The van der Waals surface area contributed by atoms with Crippen LogP contribution in [0.5, 0.6) is 0 Å². The van der Waals surface area contributed by atoms with Crippen LogP contribution in [-0.4, -0.2) is 11.7 Å². The minimum Gasteiger partial charge on any atom is -0.319 e. The van der Waals surface area contributed by atoms with Gasteiger partial charge in [0.05, 0.1) is 6.07 Å². The molecule has 0 spiro atoms.